The van der Waals surface area contributed by atoms with Gasteiger partial charge >= 0.3 is 6.03 Å². The van der Waals surface area contributed by atoms with E-state index in [1.165, 1.54) is 0 Å². The van der Waals surface area contributed by atoms with Gasteiger partial charge in [-0.1, -0.05) is 0 Å². The van der Waals surface area contributed by atoms with E-state index in [4.69, 9.17) is 12.2 Å². The van der Waals surface area contributed by atoms with Crippen LogP contribution in [0.25, 0.3) is 0 Å². The summed E-state index contributed by atoms with van der Waals surface area (Å²) in [5.41, 5.74) is -0.953. The highest BCUT2D eigenvalue weighted by Crippen LogP contribution is 2.38. The number of nitrogens with one attached hydrogen (secondary N) is 2. The lowest BCUT2D eigenvalue weighted by atomic mass is 9.99. The molecule has 0 aromatic rings. The normalized spacial score (nSPS) is 41.1. The number of amides is 2. The molecular formula is C8H14N4OS. The Labute approximate surface area is 88.4 Å². The summed E-state index contributed by atoms with van der Waals surface area (Å²) in [4.78, 5) is 15.1. The molecule has 2 amide bonds. The van der Waals surface area contributed by atoms with E-state index in [9.17, 15) is 4.79 Å². The highest BCUT2D eigenvalue weighted by atomic mass is 32.1. The lowest BCUT2D eigenvalue weighted by Crippen LogP contribution is -2.62. The smallest absolute Gasteiger partial charge is 0.321 e. The third-order valence-corrected chi connectivity index (χ3v) is 3.95. The molecule has 0 radical (unpaired) electrons. The van der Waals surface area contributed by atoms with Gasteiger partial charge in [-0.05, 0) is 26.1 Å². The summed E-state index contributed by atoms with van der Waals surface area (Å²) in [6, 6.07) is -0.0862. The molecule has 2 heterocycles. The molecule has 0 bridgehead atoms. The second-order valence-corrected chi connectivity index (χ2v) is 4.51. The van der Waals surface area contributed by atoms with Gasteiger partial charge in [0, 0.05) is 14.1 Å². The van der Waals surface area contributed by atoms with Crippen molar-refractivity contribution in [2.24, 2.45) is 0 Å². The van der Waals surface area contributed by atoms with Crippen LogP contribution >= 0.6 is 12.2 Å². The maximum atomic E-state index is 11.6. The van der Waals surface area contributed by atoms with Crippen molar-refractivity contribution in [3.05, 3.63) is 0 Å². The van der Waals surface area contributed by atoms with E-state index in [0.717, 1.165) is 0 Å². The van der Waals surface area contributed by atoms with Gasteiger partial charge in [-0.3, -0.25) is 0 Å². The van der Waals surface area contributed by atoms with Crippen molar-refractivity contribution in [2.45, 2.75) is 25.2 Å². The summed E-state index contributed by atoms with van der Waals surface area (Å²) in [5, 5.41) is 6.67. The van der Waals surface area contributed by atoms with Crippen LogP contribution in [0, 0.1) is 0 Å². The van der Waals surface area contributed by atoms with Crippen molar-refractivity contribution in [1.29, 1.82) is 0 Å². The summed E-state index contributed by atoms with van der Waals surface area (Å²) in [5.74, 6) is 0. The van der Waals surface area contributed by atoms with Gasteiger partial charge in [0.05, 0.1) is 0 Å². The van der Waals surface area contributed by atoms with Crippen molar-refractivity contribution in [3.8, 4) is 0 Å². The Hall–Kier alpha value is -1.04. The first-order chi connectivity index (χ1) is 6.33. The number of rotatable bonds is 0. The summed E-state index contributed by atoms with van der Waals surface area (Å²) in [6.45, 7) is 3.92. The van der Waals surface area contributed by atoms with Crippen molar-refractivity contribution >= 4 is 23.4 Å². The van der Waals surface area contributed by atoms with Gasteiger partial charge in [0.15, 0.2) is 16.4 Å². The Bertz CT molecular complexity index is 305. The second-order valence-electron chi connectivity index (χ2n) is 4.12. The number of carbonyl (C=O) groups excluding carboxylic acids is 1. The number of hydrogen-bond acceptors (Lipinski definition) is 2. The maximum Gasteiger partial charge on any atom is 0.321 e. The van der Waals surface area contributed by atoms with Crippen LogP contribution in [0.5, 0.6) is 0 Å². The molecule has 0 aromatic carbocycles. The molecule has 0 aromatic heterocycles. The first-order valence-electron chi connectivity index (χ1n) is 4.45. The highest BCUT2D eigenvalue weighted by Gasteiger charge is 2.64. The predicted molar refractivity (Wildman–Crippen MR) is 56.6 cm³/mol. The fourth-order valence-electron chi connectivity index (χ4n) is 2.15. The molecule has 0 spiro atoms. The van der Waals surface area contributed by atoms with E-state index in [-0.39, 0.29) is 6.03 Å². The molecule has 0 saturated carbocycles. The van der Waals surface area contributed by atoms with E-state index >= 15 is 0 Å². The van der Waals surface area contributed by atoms with Gasteiger partial charge in [0.2, 0.25) is 0 Å². The number of fused-ring (bicyclic) bond motifs is 1. The minimum atomic E-state index is -0.509. The Morgan fingerprint density at radius 1 is 1.21 bits per heavy atom. The van der Waals surface area contributed by atoms with Crippen LogP contribution in [0.15, 0.2) is 0 Å². The molecule has 2 fully saturated rings. The zero-order valence-corrected chi connectivity index (χ0v) is 9.53. The predicted octanol–water partition coefficient (Wildman–Crippen LogP) is -0.106. The molecule has 6 heteroatoms. The van der Waals surface area contributed by atoms with Crippen LogP contribution in [-0.4, -0.2) is 46.4 Å². The zero-order chi connectivity index (χ0) is 10.7. The fraction of sp³-hybridized carbons (Fsp3) is 0.750. The van der Waals surface area contributed by atoms with E-state index in [1.54, 1.807) is 11.9 Å². The van der Waals surface area contributed by atoms with Gasteiger partial charge in [-0.25, -0.2) is 4.79 Å². The molecule has 2 unspecified atom stereocenters. The van der Waals surface area contributed by atoms with Crippen LogP contribution in [0.4, 0.5) is 4.79 Å². The Morgan fingerprint density at radius 3 is 2.29 bits per heavy atom. The minimum absolute atomic E-state index is 0.0862. The van der Waals surface area contributed by atoms with Crippen molar-refractivity contribution in [3.63, 3.8) is 0 Å². The van der Waals surface area contributed by atoms with E-state index < -0.39 is 11.3 Å². The molecule has 2 saturated heterocycles. The molecular weight excluding hydrogens is 200 g/mol. The lowest BCUT2D eigenvalue weighted by Gasteiger charge is -2.39. The van der Waals surface area contributed by atoms with Crippen LogP contribution < -0.4 is 10.6 Å². The maximum absolute atomic E-state index is 11.6. The summed E-state index contributed by atoms with van der Waals surface area (Å²) in [7, 11) is 3.66. The van der Waals surface area contributed by atoms with Crippen LogP contribution in [0.2, 0.25) is 0 Å². The zero-order valence-electron chi connectivity index (χ0n) is 8.71. The average molecular weight is 214 g/mol. The van der Waals surface area contributed by atoms with Gasteiger partial charge in [-0.2, -0.15) is 0 Å². The number of hydrogen-bond donors (Lipinski definition) is 2. The monoisotopic (exact) mass is 214 g/mol. The molecule has 2 rings (SSSR count). The van der Waals surface area contributed by atoms with Crippen LogP contribution in [0.1, 0.15) is 13.8 Å². The largest absolute Gasteiger partial charge is 0.336 e. The number of nitrogens with zero attached hydrogens (tertiary/aromatic N) is 2. The lowest BCUT2D eigenvalue weighted by molar-refractivity contribution is 0.0556. The number of thiocarbonyl (C=S) groups is 1. The van der Waals surface area contributed by atoms with Gasteiger partial charge in [-0.15, -0.1) is 0 Å². The first-order valence-corrected chi connectivity index (χ1v) is 4.86. The molecule has 78 valence electrons. The quantitative estimate of drug-likeness (QED) is 0.553. The molecule has 2 aliphatic rings. The third-order valence-electron chi connectivity index (χ3n) is 3.58. The molecule has 14 heavy (non-hydrogen) atoms. The minimum Gasteiger partial charge on any atom is -0.336 e. The van der Waals surface area contributed by atoms with Crippen LogP contribution in [-0.2, 0) is 0 Å². The summed E-state index contributed by atoms with van der Waals surface area (Å²) in [6.07, 6.45) is 0. The number of carbonyl (C=O) groups is 1. The van der Waals surface area contributed by atoms with E-state index in [2.05, 4.69) is 10.6 Å². The van der Waals surface area contributed by atoms with Crippen molar-refractivity contribution < 1.29 is 4.79 Å². The summed E-state index contributed by atoms with van der Waals surface area (Å²) >= 11 is 5.17. The second kappa shape index (κ2) is 2.31. The van der Waals surface area contributed by atoms with Gasteiger partial charge < -0.3 is 20.4 Å². The first kappa shape index (κ1) is 9.51. The topological polar surface area (TPSA) is 47.6 Å². The molecule has 5 nitrogen and oxygen atoms in total. The van der Waals surface area contributed by atoms with E-state index in [0.29, 0.717) is 5.11 Å². The van der Waals surface area contributed by atoms with Gasteiger partial charge in [0.25, 0.3) is 0 Å². The SMILES string of the molecule is CN1C(=O)NC2(C)NC(=S)N(C)C12C. The molecule has 2 aliphatic heterocycles. The van der Waals surface area contributed by atoms with Crippen molar-refractivity contribution in [1.82, 2.24) is 20.4 Å². The van der Waals surface area contributed by atoms with Crippen molar-refractivity contribution in [2.75, 3.05) is 14.1 Å². The molecule has 0 aliphatic carbocycles. The Morgan fingerprint density at radius 2 is 1.79 bits per heavy atom. The Kier molecular flexibility index (Phi) is 1.57. The standard InChI is InChI=1S/C8H14N4OS/c1-7-8(2,11(3)5(13)9-7)12(4)6(14)10-7/h1-4H3,(H,9,13)(H,10,14). The number of likely N-dealkylation sites (N-methyl/N-ethyl adjacent to an activating group) is 2. The Balaban J connectivity index is 2.52. The molecule has 2 N–H and O–H groups in total. The van der Waals surface area contributed by atoms with Gasteiger partial charge in [0.1, 0.15) is 0 Å². The average Bonchev–Trinajstić information content (AvgIpc) is 2.36. The molecule has 2 atom stereocenters. The highest BCUT2D eigenvalue weighted by molar-refractivity contribution is 7.80. The van der Waals surface area contributed by atoms with E-state index in [1.807, 2.05) is 25.8 Å². The number of urea groups is 1. The third kappa shape index (κ3) is 0.755. The summed E-state index contributed by atoms with van der Waals surface area (Å²) < 4.78 is 0. The van der Waals surface area contributed by atoms with Crippen LogP contribution in [0.3, 0.4) is 0 Å². The fourth-order valence-corrected chi connectivity index (χ4v) is 2.54.